The summed E-state index contributed by atoms with van der Waals surface area (Å²) in [5.41, 5.74) is 0.0621. The van der Waals surface area contributed by atoms with E-state index in [-0.39, 0.29) is 29.6 Å². The molecule has 2 amide bonds. The van der Waals surface area contributed by atoms with Gasteiger partial charge in [0.25, 0.3) is 6.20 Å². The van der Waals surface area contributed by atoms with E-state index in [1.54, 1.807) is 12.1 Å². The molecule has 3 aromatic rings. The Morgan fingerprint density at radius 2 is 1.97 bits per heavy atom. The molecule has 0 unspecified atom stereocenters. The highest BCUT2D eigenvalue weighted by molar-refractivity contribution is 5.99. The number of halogens is 3. The van der Waals surface area contributed by atoms with Gasteiger partial charge in [-0.3, -0.25) is 14.8 Å². The number of hydrogen-bond donors (Lipinski definition) is 3. The van der Waals surface area contributed by atoms with Crippen LogP contribution in [0.4, 0.5) is 35.2 Å². The van der Waals surface area contributed by atoms with Gasteiger partial charge in [0.2, 0.25) is 5.27 Å². The predicted molar refractivity (Wildman–Crippen MR) is 131 cm³/mol. The normalized spacial score (nSPS) is 18.3. The number of rotatable bonds is 7. The highest BCUT2D eigenvalue weighted by Gasteiger charge is 2.32. The average molecular weight is 532 g/mol. The van der Waals surface area contributed by atoms with Crippen molar-refractivity contribution in [1.29, 1.82) is 0 Å². The van der Waals surface area contributed by atoms with Crippen LogP contribution in [0.2, 0.25) is 0 Å². The number of aromatic nitrogens is 2. The first-order valence-electron chi connectivity index (χ1n) is 12.2. The minimum atomic E-state index is -4.72. The van der Waals surface area contributed by atoms with Crippen LogP contribution >= 0.6 is 0 Å². The molecular formula is C26H28F3N5O4. The number of aliphatic imine (C=N–C) groups is 1. The van der Waals surface area contributed by atoms with Gasteiger partial charge in [-0.15, -0.1) is 0 Å². The first kappa shape index (κ1) is 27.1. The summed E-state index contributed by atoms with van der Waals surface area (Å²) in [5, 5.41) is 31.1. The maximum absolute atomic E-state index is 13.5. The average Bonchev–Trinajstić information content (AvgIpc) is 3.27. The summed E-state index contributed by atoms with van der Waals surface area (Å²) in [7, 11) is 0. The number of nitrogens with one attached hydrogen (secondary N) is 2. The summed E-state index contributed by atoms with van der Waals surface area (Å²) in [4.78, 5) is 16.3. The van der Waals surface area contributed by atoms with Gasteiger partial charge in [-0.2, -0.15) is 13.2 Å². The number of aliphatic hydroxyl groups is 1. The van der Waals surface area contributed by atoms with Gasteiger partial charge >= 0.3 is 18.1 Å². The molecule has 0 bridgehead atoms. The zero-order valence-corrected chi connectivity index (χ0v) is 20.7. The van der Waals surface area contributed by atoms with Crippen molar-refractivity contribution in [2.75, 3.05) is 10.6 Å². The number of benzene rings is 2. The minimum absolute atomic E-state index is 0.0151. The first-order chi connectivity index (χ1) is 18.1. The van der Waals surface area contributed by atoms with Crippen molar-refractivity contribution in [3.8, 4) is 0 Å². The van der Waals surface area contributed by atoms with Crippen molar-refractivity contribution in [3.63, 3.8) is 0 Å². The van der Waals surface area contributed by atoms with Gasteiger partial charge in [0.15, 0.2) is 6.54 Å². The molecule has 2 atom stereocenters. The first-order valence-corrected chi connectivity index (χ1v) is 12.2. The molecule has 4 rings (SSSR count). The SMILES string of the molecule is Cc1ccccc1CC([O-])=Nc1cc(NC(=O)Nc2c[n+](C[C@H]3CCCC[C@@H]3O)no2)cc(C(F)(F)F)c1. The Kier molecular flexibility index (Phi) is 8.30. The summed E-state index contributed by atoms with van der Waals surface area (Å²) >= 11 is 0. The van der Waals surface area contributed by atoms with Gasteiger partial charge in [-0.05, 0) is 55.0 Å². The van der Waals surface area contributed by atoms with Crippen molar-refractivity contribution in [2.24, 2.45) is 10.9 Å². The number of carbonyl (C=O) groups excluding carboxylic acids is 1. The highest BCUT2D eigenvalue weighted by Crippen LogP contribution is 2.34. The zero-order chi connectivity index (χ0) is 27.3. The van der Waals surface area contributed by atoms with Gasteiger partial charge in [-0.25, -0.2) is 4.79 Å². The van der Waals surface area contributed by atoms with Crippen molar-refractivity contribution in [3.05, 3.63) is 65.4 Å². The fourth-order valence-corrected chi connectivity index (χ4v) is 4.40. The molecule has 0 spiro atoms. The van der Waals surface area contributed by atoms with Crippen LogP contribution in [0.5, 0.6) is 0 Å². The molecule has 12 heteroatoms. The van der Waals surface area contributed by atoms with E-state index in [1.807, 2.05) is 19.1 Å². The standard InChI is InChI=1S/C26H28F3N5O4/c1-16-6-2-3-7-17(16)10-23(36)30-20-11-19(26(27,28)29)12-21(13-20)31-25(37)32-24-15-34(33-38-24)14-18-8-4-5-9-22(18)35/h2-3,6-7,11-13,15,18,22,35H,4-5,8-10,14H2,1H3,(H2-,30,31,32,33,36,37)/t18-,22+/m1/s1. The zero-order valence-electron chi connectivity index (χ0n) is 20.7. The number of aryl methyl sites for hydroxylation is 1. The molecular weight excluding hydrogens is 503 g/mol. The number of anilines is 2. The molecule has 1 aromatic heterocycles. The smallest absolute Gasteiger partial charge is 0.416 e. The van der Waals surface area contributed by atoms with E-state index < -0.39 is 29.8 Å². The Hall–Kier alpha value is -3.93. The van der Waals surface area contributed by atoms with E-state index in [0.717, 1.165) is 43.4 Å². The largest absolute Gasteiger partial charge is 0.861 e. The fourth-order valence-electron chi connectivity index (χ4n) is 4.40. The van der Waals surface area contributed by atoms with Crippen LogP contribution in [0.1, 0.15) is 42.4 Å². The summed E-state index contributed by atoms with van der Waals surface area (Å²) in [6.45, 7) is 2.23. The Bertz CT molecular complexity index is 1310. The molecule has 0 aliphatic heterocycles. The number of hydrogen-bond acceptors (Lipinski definition) is 6. The Morgan fingerprint density at radius 1 is 1.21 bits per heavy atom. The Morgan fingerprint density at radius 3 is 2.71 bits per heavy atom. The second-order valence-corrected chi connectivity index (χ2v) is 9.35. The van der Waals surface area contributed by atoms with Crippen molar-refractivity contribution < 1.29 is 37.4 Å². The maximum atomic E-state index is 13.5. The predicted octanol–water partition coefficient (Wildman–Crippen LogP) is 4.12. The summed E-state index contributed by atoms with van der Waals surface area (Å²) in [5.74, 6) is -0.636. The van der Waals surface area contributed by atoms with E-state index >= 15 is 0 Å². The van der Waals surface area contributed by atoms with E-state index in [2.05, 4.69) is 20.9 Å². The number of alkyl halides is 3. The van der Waals surface area contributed by atoms with E-state index in [9.17, 15) is 28.2 Å². The number of nitrogens with zero attached hydrogens (tertiary/aromatic N) is 3. The lowest BCUT2D eigenvalue weighted by molar-refractivity contribution is -0.768. The van der Waals surface area contributed by atoms with Crippen LogP contribution in [-0.4, -0.2) is 28.4 Å². The molecule has 1 aliphatic carbocycles. The number of urea groups is 1. The molecule has 1 saturated carbocycles. The van der Waals surface area contributed by atoms with Crippen LogP contribution in [0.25, 0.3) is 0 Å². The summed E-state index contributed by atoms with van der Waals surface area (Å²) in [6, 6.07) is 8.94. The number of aliphatic hydroxyl groups excluding tert-OH is 1. The lowest BCUT2D eigenvalue weighted by Crippen LogP contribution is -2.43. The van der Waals surface area contributed by atoms with Gasteiger partial charge in [0, 0.05) is 18.0 Å². The molecule has 0 radical (unpaired) electrons. The number of amides is 2. The Labute approximate surface area is 217 Å². The minimum Gasteiger partial charge on any atom is -0.861 e. The van der Waals surface area contributed by atoms with E-state index in [4.69, 9.17) is 4.52 Å². The van der Waals surface area contributed by atoms with Crippen LogP contribution in [0.15, 0.2) is 58.2 Å². The molecule has 2 aromatic carbocycles. The third-order valence-corrected chi connectivity index (χ3v) is 6.40. The Balaban J connectivity index is 1.45. The third-order valence-electron chi connectivity index (χ3n) is 6.40. The quantitative estimate of drug-likeness (QED) is 0.240. The van der Waals surface area contributed by atoms with Crippen molar-refractivity contribution >= 4 is 29.2 Å². The van der Waals surface area contributed by atoms with Gasteiger partial charge in [-0.1, -0.05) is 41.8 Å². The molecule has 38 heavy (non-hydrogen) atoms. The molecule has 202 valence electrons. The molecule has 0 saturated heterocycles. The second kappa shape index (κ2) is 11.6. The molecule has 1 fully saturated rings. The van der Waals surface area contributed by atoms with Gasteiger partial charge in [0.05, 0.1) is 17.4 Å². The van der Waals surface area contributed by atoms with Crippen LogP contribution in [-0.2, 0) is 19.1 Å². The van der Waals surface area contributed by atoms with Crippen LogP contribution in [0.3, 0.4) is 0 Å². The molecule has 1 aliphatic rings. The van der Waals surface area contributed by atoms with Crippen LogP contribution < -0.4 is 20.4 Å². The topological polar surface area (TPSA) is 127 Å². The third kappa shape index (κ3) is 7.31. The van der Waals surface area contributed by atoms with Gasteiger partial charge in [0.1, 0.15) is 0 Å². The highest BCUT2D eigenvalue weighted by atomic mass is 19.4. The van der Waals surface area contributed by atoms with Crippen LogP contribution in [0, 0.1) is 12.8 Å². The molecule has 9 nitrogen and oxygen atoms in total. The lowest BCUT2D eigenvalue weighted by atomic mass is 9.86. The molecule has 1 heterocycles. The van der Waals surface area contributed by atoms with Crippen molar-refractivity contribution in [1.82, 2.24) is 5.27 Å². The monoisotopic (exact) mass is 531 g/mol. The van der Waals surface area contributed by atoms with E-state index in [0.29, 0.717) is 12.1 Å². The lowest BCUT2D eigenvalue weighted by Gasteiger charge is -2.23. The summed E-state index contributed by atoms with van der Waals surface area (Å²) < 4.78 is 47.0. The number of carbonyl (C=O) groups is 1. The second-order valence-electron chi connectivity index (χ2n) is 9.35. The fraction of sp³-hybridized carbons (Fsp3) is 0.385. The van der Waals surface area contributed by atoms with E-state index in [1.165, 1.54) is 16.9 Å². The van der Waals surface area contributed by atoms with Gasteiger partial charge < -0.3 is 15.5 Å². The molecule has 3 N–H and O–H groups in total. The maximum Gasteiger partial charge on any atom is 0.416 e. The summed E-state index contributed by atoms with van der Waals surface area (Å²) in [6.07, 6.45) is -0.252. The van der Waals surface area contributed by atoms with Crippen molar-refractivity contribution in [2.45, 2.75) is 57.9 Å².